The zero-order valence-corrected chi connectivity index (χ0v) is 16.5. The van der Waals surface area contributed by atoms with Crippen LogP contribution in [0.15, 0.2) is 48.8 Å². The third-order valence-corrected chi connectivity index (χ3v) is 4.30. The number of nitro groups is 1. The van der Waals surface area contributed by atoms with Crippen LogP contribution in [0.25, 0.3) is 0 Å². The van der Waals surface area contributed by atoms with Crippen molar-refractivity contribution in [3.05, 3.63) is 80.1 Å². The molecule has 3 N–H and O–H groups in total. The lowest BCUT2D eigenvalue weighted by Crippen LogP contribution is -2.30. The van der Waals surface area contributed by atoms with E-state index in [0.717, 1.165) is 11.9 Å². The summed E-state index contributed by atoms with van der Waals surface area (Å²) in [5.41, 5.74) is 6.07. The van der Waals surface area contributed by atoms with Crippen LogP contribution in [-0.2, 0) is 0 Å². The van der Waals surface area contributed by atoms with Gasteiger partial charge >= 0.3 is 5.69 Å². The van der Waals surface area contributed by atoms with Gasteiger partial charge in [0.2, 0.25) is 11.6 Å². The van der Waals surface area contributed by atoms with Gasteiger partial charge in [0.05, 0.1) is 15.5 Å². The number of amides is 1. The molecule has 0 atom stereocenters. The Hall–Kier alpha value is -3.43. The Kier molecular flexibility index (Phi) is 6.10. The highest BCUT2D eigenvalue weighted by atomic mass is 35.5. The lowest BCUT2D eigenvalue weighted by atomic mass is 10.2. The SMILES string of the molecule is Cc1cccc(Nc2ncnc(NNC(=O)c3ccc(Cl)cc3Cl)c2[N+](=O)[O-])c1. The summed E-state index contributed by atoms with van der Waals surface area (Å²) >= 11 is 11.8. The number of anilines is 3. The van der Waals surface area contributed by atoms with Gasteiger partial charge in [0.25, 0.3) is 5.91 Å². The molecule has 148 valence electrons. The maximum atomic E-state index is 12.3. The molecule has 11 heteroatoms. The molecule has 0 aliphatic carbocycles. The van der Waals surface area contributed by atoms with Crippen molar-refractivity contribution in [1.82, 2.24) is 15.4 Å². The lowest BCUT2D eigenvalue weighted by Gasteiger charge is -2.11. The van der Waals surface area contributed by atoms with E-state index in [-0.39, 0.29) is 22.2 Å². The van der Waals surface area contributed by atoms with E-state index >= 15 is 0 Å². The van der Waals surface area contributed by atoms with Crippen molar-refractivity contribution in [2.45, 2.75) is 6.92 Å². The molecular weight excluding hydrogens is 419 g/mol. The number of hydrazine groups is 1. The third kappa shape index (κ3) is 4.89. The fraction of sp³-hybridized carbons (Fsp3) is 0.0556. The summed E-state index contributed by atoms with van der Waals surface area (Å²) < 4.78 is 0. The number of hydrogen-bond acceptors (Lipinski definition) is 7. The molecule has 0 aliphatic rings. The summed E-state index contributed by atoms with van der Waals surface area (Å²) in [4.78, 5) is 31.1. The van der Waals surface area contributed by atoms with Crippen molar-refractivity contribution in [3.8, 4) is 0 Å². The van der Waals surface area contributed by atoms with Gasteiger partial charge in [-0.3, -0.25) is 25.8 Å². The second kappa shape index (κ2) is 8.72. The van der Waals surface area contributed by atoms with Crippen LogP contribution in [0.5, 0.6) is 0 Å². The average molecular weight is 433 g/mol. The van der Waals surface area contributed by atoms with E-state index in [9.17, 15) is 14.9 Å². The molecule has 0 saturated heterocycles. The standard InChI is InChI=1S/C18H14Cl2N6O3/c1-10-3-2-4-12(7-10)23-16-15(26(28)29)17(22-9-21-16)24-25-18(27)13-6-5-11(19)8-14(13)20/h2-9H,1H3,(H,25,27)(H2,21,22,23,24). The van der Waals surface area contributed by atoms with E-state index in [1.165, 1.54) is 18.2 Å². The first-order chi connectivity index (χ1) is 13.8. The Balaban J connectivity index is 1.83. The van der Waals surface area contributed by atoms with Gasteiger partial charge < -0.3 is 5.32 Å². The van der Waals surface area contributed by atoms with E-state index in [2.05, 4.69) is 26.1 Å². The summed E-state index contributed by atoms with van der Waals surface area (Å²) in [6, 6.07) is 11.6. The van der Waals surface area contributed by atoms with E-state index in [0.29, 0.717) is 10.7 Å². The van der Waals surface area contributed by atoms with Gasteiger partial charge in [0.1, 0.15) is 6.33 Å². The van der Waals surface area contributed by atoms with Crippen LogP contribution in [0.1, 0.15) is 15.9 Å². The molecular formula is C18H14Cl2N6O3. The Labute approximate surface area is 175 Å². The predicted molar refractivity (Wildman–Crippen MR) is 111 cm³/mol. The largest absolute Gasteiger partial charge is 0.355 e. The van der Waals surface area contributed by atoms with Crippen molar-refractivity contribution in [3.63, 3.8) is 0 Å². The number of benzene rings is 2. The monoisotopic (exact) mass is 432 g/mol. The van der Waals surface area contributed by atoms with Crippen molar-refractivity contribution < 1.29 is 9.72 Å². The molecule has 0 radical (unpaired) electrons. The van der Waals surface area contributed by atoms with Crippen LogP contribution in [0, 0.1) is 17.0 Å². The van der Waals surface area contributed by atoms with Crippen LogP contribution in [0.2, 0.25) is 10.0 Å². The zero-order chi connectivity index (χ0) is 21.0. The van der Waals surface area contributed by atoms with Crippen LogP contribution in [-0.4, -0.2) is 20.8 Å². The molecule has 0 spiro atoms. The molecule has 3 rings (SSSR count). The molecule has 0 unspecified atom stereocenters. The second-order valence-electron chi connectivity index (χ2n) is 5.87. The van der Waals surface area contributed by atoms with Gasteiger partial charge in [-0.2, -0.15) is 0 Å². The van der Waals surface area contributed by atoms with Gasteiger partial charge in [-0.25, -0.2) is 9.97 Å². The number of rotatable bonds is 6. The van der Waals surface area contributed by atoms with E-state index in [1.54, 1.807) is 12.1 Å². The highest BCUT2D eigenvalue weighted by molar-refractivity contribution is 6.36. The zero-order valence-electron chi connectivity index (χ0n) is 14.9. The Morgan fingerprint density at radius 1 is 1.10 bits per heavy atom. The Bertz CT molecular complexity index is 1090. The summed E-state index contributed by atoms with van der Waals surface area (Å²) in [6.07, 6.45) is 1.13. The van der Waals surface area contributed by atoms with E-state index < -0.39 is 16.5 Å². The van der Waals surface area contributed by atoms with Gasteiger partial charge in [0, 0.05) is 10.7 Å². The molecule has 2 aromatic carbocycles. The third-order valence-electron chi connectivity index (χ3n) is 3.76. The topological polar surface area (TPSA) is 122 Å². The van der Waals surface area contributed by atoms with Crippen molar-refractivity contribution in [2.75, 3.05) is 10.7 Å². The Morgan fingerprint density at radius 2 is 1.86 bits per heavy atom. The van der Waals surface area contributed by atoms with Crippen LogP contribution >= 0.6 is 23.2 Å². The smallest absolute Gasteiger partial charge is 0.334 e. The number of hydrogen-bond donors (Lipinski definition) is 3. The number of carbonyl (C=O) groups is 1. The normalized spacial score (nSPS) is 10.3. The van der Waals surface area contributed by atoms with Crippen LogP contribution < -0.4 is 16.2 Å². The fourth-order valence-corrected chi connectivity index (χ4v) is 2.95. The minimum Gasteiger partial charge on any atom is -0.334 e. The lowest BCUT2D eigenvalue weighted by molar-refractivity contribution is -0.383. The average Bonchev–Trinajstić information content (AvgIpc) is 2.66. The quantitative estimate of drug-likeness (QED) is 0.386. The molecule has 1 aromatic heterocycles. The first kappa shape index (κ1) is 20.3. The van der Waals surface area contributed by atoms with Crippen molar-refractivity contribution in [2.24, 2.45) is 0 Å². The van der Waals surface area contributed by atoms with E-state index in [4.69, 9.17) is 23.2 Å². The highest BCUT2D eigenvalue weighted by Gasteiger charge is 2.24. The summed E-state index contributed by atoms with van der Waals surface area (Å²) in [7, 11) is 0. The van der Waals surface area contributed by atoms with Gasteiger partial charge in [-0.05, 0) is 42.8 Å². The maximum absolute atomic E-state index is 12.3. The second-order valence-corrected chi connectivity index (χ2v) is 6.72. The first-order valence-corrected chi connectivity index (χ1v) is 8.95. The minimum atomic E-state index is -0.651. The van der Waals surface area contributed by atoms with Crippen LogP contribution in [0.3, 0.4) is 0 Å². The molecule has 3 aromatic rings. The molecule has 0 saturated carbocycles. The highest BCUT2D eigenvalue weighted by Crippen LogP contribution is 2.31. The number of halogens is 2. The minimum absolute atomic E-state index is 0.0307. The summed E-state index contributed by atoms with van der Waals surface area (Å²) in [6.45, 7) is 1.89. The number of aryl methyl sites for hydroxylation is 1. The summed E-state index contributed by atoms with van der Waals surface area (Å²) in [5.74, 6) is -0.844. The van der Waals surface area contributed by atoms with Gasteiger partial charge in [0.15, 0.2) is 0 Å². The predicted octanol–water partition coefficient (Wildman–Crippen LogP) is 4.50. The molecule has 0 fully saturated rings. The Morgan fingerprint density at radius 3 is 2.55 bits per heavy atom. The van der Waals surface area contributed by atoms with Gasteiger partial charge in [-0.1, -0.05) is 35.3 Å². The van der Waals surface area contributed by atoms with Crippen molar-refractivity contribution >= 4 is 52.1 Å². The van der Waals surface area contributed by atoms with Gasteiger partial charge in [-0.15, -0.1) is 0 Å². The number of nitrogens with zero attached hydrogens (tertiary/aromatic N) is 3. The summed E-state index contributed by atoms with van der Waals surface area (Å²) in [5, 5.41) is 15.0. The molecule has 1 amide bonds. The number of aromatic nitrogens is 2. The molecule has 0 aliphatic heterocycles. The molecule has 9 nitrogen and oxygen atoms in total. The fourth-order valence-electron chi connectivity index (χ4n) is 2.45. The first-order valence-electron chi connectivity index (χ1n) is 8.19. The molecule has 1 heterocycles. The van der Waals surface area contributed by atoms with E-state index in [1.807, 2.05) is 19.1 Å². The molecule has 0 bridgehead atoms. The van der Waals surface area contributed by atoms with Crippen molar-refractivity contribution in [1.29, 1.82) is 0 Å². The van der Waals surface area contributed by atoms with Crippen LogP contribution in [0.4, 0.5) is 23.0 Å². The maximum Gasteiger partial charge on any atom is 0.355 e. The number of nitrogens with one attached hydrogen (secondary N) is 3. The molecule has 29 heavy (non-hydrogen) atoms. The number of carbonyl (C=O) groups excluding carboxylic acids is 1.